The highest BCUT2D eigenvalue weighted by Crippen LogP contribution is 2.50. The molecule has 1 spiro atoms. The minimum absolute atomic E-state index is 0. The third-order valence-corrected chi connectivity index (χ3v) is 8.35. The van der Waals surface area contributed by atoms with Crippen molar-refractivity contribution in [2.24, 2.45) is 5.92 Å². The van der Waals surface area contributed by atoms with Crippen LogP contribution in [0.15, 0.2) is 30.3 Å². The fourth-order valence-corrected chi connectivity index (χ4v) is 6.90. The molecular weight excluding hydrogens is 437 g/mol. The van der Waals surface area contributed by atoms with Gasteiger partial charge in [-0.2, -0.15) is 0 Å². The van der Waals surface area contributed by atoms with Crippen molar-refractivity contribution in [1.29, 1.82) is 0 Å². The fourth-order valence-electron chi connectivity index (χ4n) is 6.90. The van der Waals surface area contributed by atoms with E-state index in [2.05, 4.69) is 29.6 Å². The van der Waals surface area contributed by atoms with Gasteiger partial charge in [0.05, 0.1) is 24.3 Å². The van der Waals surface area contributed by atoms with Crippen molar-refractivity contribution in [3.8, 4) is 0 Å². The van der Waals surface area contributed by atoms with E-state index in [1.807, 2.05) is 24.8 Å². The van der Waals surface area contributed by atoms with Crippen LogP contribution >= 0.6 is 0 Å². The van der Waals surface area contributed by atoms with Gasteiger partial charge in [-0.3, -0.25) is 4.79 Å². The van der Waals surface area contributed by atoms with E-state index in [-0.39, 0.29) is 32.1 Å². The molecule has 0 radical (unpaired) electrons. The Hall–Kier alpha value is -2.19. The van der Waals surface area contributed by atoms with Crippen molar-refractivity contribution >= 4 is 11.9 Å². The number of carbonyl (C=O) groups is 2. The van der Waals surface area contributed by atoms with Crippen LogP contribution in [0.2, 0.25) is 0 Å². The first-order chi connectivity index (χ1) is 16.5. The first-order valence-electron chi connectivity index (χ1n) is 12.8. The van der Waals surface area contributed by atoms with Crippen molar-refractivity contribution in [3.63, 3.8) is 0 Å². The van der Waals surface area contributed by atoms with E-state index in [1.165, 1.54) is 5.56 Å². The molecule has 0 aromatic heterocycles. The summed E-state index contributed by atoms with van der Waals surface area (Å²) >= 11 is 0. The number of carbonyl (C=O) groups excluding carboxylic acids is 2. The first-order valence-corrected chi connectivity index (χ1v) is 12.8. The molecule has 3 amide bonds. The Bertz CT molecular complexity index is 900. The summed E-state index contributed by atoms with van der Waals surface area (Å²) in [5.74, 6) is -0.293. The number of hydrogen-bond acceptors (Lipinski definition) is 4. The molecule has 1 aromatic rings. The van der Waals surface area contributed by atoms with Gasteiger partial charge in [0.1, 0.15) is 6.23 Å². The summed E-state index contributed by atoms with van der Waals surface area (Å²) in [6.07, 6.45) is 2.74. The van der Waals surface area contributed by atoms with E-state index in [0.717, 1.165) is 32.1 Å². The predicted molar refractivity (Wildman–Crippen MR) is 127 cm³/mol. The van der Waals surface area contributed by atoms with Gasteiger partial charge in [0.2, 0.25) is 0 Å². The summed E-state index contributed by atoms with van der Waals surface area (Å²) in [5, 5.41) is 2.91. The second kappa shape index (κ2) is 9.46. The van der Waals surface area contributed by atoms with E-state index in [0.29, 0.717) is 25.4 Å². The molecule has 4 aliphatic rings. The summed E-state index contributed by atoms with van der Waals surface area (Å²) in [5.41, 5.74) is 0.621. The zero-order chi connectivity index (χ0) is 23.9. The lowest BCUT2D eigenvalue weighted by Gasteiger charge is -2.52. The summed E-state index contributed by atoms with van der Waals surface area (Å²) in [4.78, 5) is 29.5. The van der Waals surface area contributed by atoms with Crippen LogP contribution in [-0.4, -0.2) is 71.7 Å². The van der Waals surface area contributed by atoms with Crippen molar-refractivity contribution in [2.45, 2.75) is 88.6 Å². The SMILES string of the molecule is CCNC(=O)N1CCC[C@]23COC(F)C(=O)N2C(OC2CCC(c4ccccc4)CC2)[C@@H](C)[C@H]13.[HH]. The van der Waals surface area contributed by atoms with Crippen LogP contribution in [0.25, 0.3) is 0 Å². The van der Waals surface area contributed by atoms with E-state index in [4.69, 9.17) is 9.47 Å². The van der Waals surface area contributed by atoms with E-state index < -0.39 is 24.0 Å². The normalized spacial score (nSPS) is 37.8. The van der Waals surface area contributed by atoms with Crippen molar-refractivity contribution in [3.05, 3.63) is 35.9 Å². The van der Waals surface area contributed by atoms with Crippen LogP contribution in [-0.2, 0) is 14.3 Å². The molecular formula is C26H38FN3O4. The Balaban J connectivity index is 0.00000289. The number of ether oxygens (including phenoxy) is 2. The molecule has 34 heavy (non-hydrogen) atoms. The molecule has 8 heteroatoms. The smallest absolute Gasteiger partial charge is 0.317 e. The molecule has 5 atom stereocenters. The molecule has 1 saturated carbocycles. The number of likely N-dealkylation sites (tertiary alicyclic amines) is 1. The van der Waals surface area contributed by atoms with Gasteiger partial charge in [-0.1, -0.05) is 37.3 Å². The quantitative estimate of drug-likeness (QED) is 0.714. The highest BCUT2D eigenvalue weighted by molar-refractivity contribution is 5.83. The van der Waals surface area contributed by atoms with Crippen LogP contribution in [0.5, 0.6) is 0 Å². The first kappa shape index (κ1) is 23.5. The molecule has 7 nitrogen and oxygen atoms in total. The van der Waals surface area contributed by atoms with Crippen LogP contribution in [0.1, 0.15) is 65.3 Å². The molecule has 3 saturated heterocycles. The van der Waals surface area contributed by atoms with Crippen LogP contribution in [0.4, 0.5) is 9.18 Å². The van der Waals surface area contributed by atoms with Crippen molar-refractivity contribution in [2.75, 3.05) is 19.7 Å². The standard InChI is InChI=1S/C26H36FN3O4.H2/c1-3-28-25(32)29-15-7-14-26-16-33-22(27)23(31)30(26)24(17(2)21(26)29)34-20-12-10-19(11-13-20)18-8-5-4-6-9-18;/h4-6,8-9,17,19-22,24H,3,7,10-16H2,1-2H3,(H,28,32);1H/t17-,19?,20?,21-,22?,24?,26+;/m0./s1. The van der Waals surface area contributed by atoms with E-state index in [9.17, 15) is 14.0 Å². The lowest BCUT2D eigenvalue weighted by molar-refractivity contribution is -0.214. The van der Waals surface area contributed by atoms with Gasteiger partial charge >= 0.3 is 6.03 Å². The number of piperidine rings is 1. The zero-order valence-corrected chi connectivity index (χ0v) is 20.1. The Morgan fingerprint density at radius 2 is 2.00 bits per heavy atom. The molecule has 4 fully saturated rings. The number of rotatable bonds is 4. The van der Waals surface area contributed by atoms with Crippen LogP contribution < -0.4 is 5.32 Å². The van der Waals surface area contributed by atoms with Crippen LogP contribution in [0.3, 0.4) is 0 Å². The van der Waals surface area contributed by atoms with Gasteiger partial charge in [0.25, 0.3) is 12.3 Å². The number of halogens is 1. The summed E-state index contributed by atoms with van der Waals surface area (Å²) in [6.45, 7) is 5.15. The third kappa shape index (κ3) is 3.88. The maximum absolute atomic E-state index is 14.5. The van der Waals surface area contributed by atoms with Crippen LogP contribution in [0, 0.1) is 5.92 Å². The predicted octanol–water partition coefficient (Wildman–Crippen LogP) is 4.04. The molecule has 0 bridgehead atoms. The largest absolute Gasteiger partial charge is 0.355 e. The number of nitrogens with zero attached hydrogens (tertiary/aromatic N) is 2. The second-order valence-corrected chi connectivity index (χ2v) is 10.3. The highest BCUT2D eigenvalue weighted by atomic mass is 19.1. The summed E-state index contributed by atoms with van der Waals surface area (Å²) in [7, 11) is 0. The van der Waals surface area contributed by atoms with Gasteiger partial charge in [0, 0.05) is 20.4 Å². The van der Waals surface area contributed by atoms with Crippen molar-refractivity contribution < 1.29 is 24.9 Å². The number of hydrogen-bond donors (Lipinski definition) is 1. The molecule has 2 unspecified atom stereocenters. The monoisotopic (exact) mass is 475 g/mol. The molecule has 1 aliphatic carbocycles. The number of urea groups is 1. The lowest BCUT2D eigenvalue weighted by atomic mass is 9.78. The average Bonchev–Trinajstić information content (AvgIpc) is 3.11. The van der Waals surface area contributed by atoms with Gasteiger partial charge in [-0.05, 0) is 56.9 Å². The zero-order valence-electron chi connectivity index (χ0n) is 20.1. The van der Waals surface area contributed by atoms with Crippen molar-refractivity contribution in [1.82, 2.24) is 15.1 Å². The lowest BCUT2D eigenvalue weighted by Crippen LogP contribution is -2.70. The minimum Gasteiger partial charge on any atom is -0.355 e. The Labute approximate surface area is 202 Å². The highest BCUT2D eigenvalue weighted by Gasteiger charge is 2.66. The van der Waals surface area contributed by atoms with Gasteiger partial charge < -0.3 is 24.6 Å². The van der Waals surface area contributed by atoms with Gasteiger partial charge in [0.15, 0.2) is 0 Å². The molecule has 5 rings (SSSR count). The maximum Gasteiger partial charge on any atom is 0.317 e. The number of morpholine rings is 1. The molecule has 1 aromatic carbocycles. The fraction of sp³-hybridized carbons (Fsp3) is 0.692. The third-order valence-electron chi connectivity index (χ3n) is 8.35. The van der Waals surface area contributed by atoms with Gasteiger partial charge in [-0.15, -0.1) is 0 Å². The number of nitrogens with one attached hydrogen (secondary N) is 1. The molecule has 1 N–H and O–H groups in total. The molecule has 3 heterocycles. The Morgan fingerprint density at radius 1 is 1.26 bits per heavy atom. The maximum atomic E-state index is 14.5. The minimum atomic E-state index is -1.98. The van der Waals surface area contributed by atoms with E-state index >= 15 is 0 Å². The Morgan fingerprint density at radius 3 is 2.71 bits per heavy atom. The average molecular weight is 476 g/mol. The van der Waals surface area contributed by atoms with E-state index in [1.54, 1.807) is 4.90 Å². The number of alkyl halides is 1. The summed E-state index contributed by atoms with van der Waals surface area (Å²) < 4.78 is 26.5. The molecule has 188 valence electrons. The number of amides is 3. The molecule has 3 aliphatic heterocycles. The summed E-state index contributed by atoms with van der Waals surface area (Å²) in [6, 6.07) is 10.2. The van der Waals surface area contributed by atoms with Gasteiger partial charge in [-0.25, -0.2) is 9.18 Å². The number of benzene rings is 1. The Kier molecular flexibility index (Phi) is 6.55. The topological polar surface area (TPSA) is 71.1 Å². The second-order valence-electron chi connectivity index (χ2n) is 10.3.